The molecule has 0 saturated heterocycles. The maximum Gasteiger partial charge on any atom is 1.00 e. The number of hydrogen-bond donors (Lipinski definition) is 0. The van der Waals surface area contributed by atoms with Crippen LogP contribution in [-0.2, 0) is 10.1 Å². The standard InChI is InChI=1S/CH4O3S.Li.H2O/c1-5(2,3)4;;/h1H3,(H,2,3,4);;1H2/q;+1;/p-1. The van der Waals surface area contributed by atoms with E-state index in [2.05, 4.69) is 0 Å². The van der Waals surface area contributed by atoms with Crippen LogP contribution >= 0.6 is 0 Å². The van der Waals surface area contributed by atoms with E-state index in [4.69, 9.17) is 13.0 Å². The third-order valence-electron chi connectivity index (χ3n) is 0. The molecule has 0 aliphatic carbocycles. The van der Waals surface area contributed by atoms with Crippen LogP contribution in [0.1, 0.15) is 0 Å². The molecule has 0 radical (unpaired) electrons. The van der Waals surface area contributed by atoms with E-state index in [0.717, 1.165) is 0 Å². The van der Waals surface area contributed by atoms with Crippen molar-refractivity contribution in [3.8, 4) is 0 Å². The molecule has 0 spiro atoms. The van der Waals surface area contributed by atoms with Crippen molar-refractivity contribution in [1.29, 1.82) is 0 Å². The Morgan fingerprint density at radius 1 is 1.43 bits per heavy atom. The molecule has 0 unspecified atom stereocenters. The summed E-state index contributed by atoms with van der Waals surface area (Å²) in [5.74, 6) is 0. The summed E-state index contributed by atoms with van der Waals surface area (Å²) in [6.07, 6.45) is 0.604. The van der Waals surface area contributed by atoms with Crippen molar-refractivity contribution in [2.24, 2.45) is 0 Å². The minimum Gasteiger partial charge on any atom is -0.748 e. The Morgan fingerprint density at radius 3 is 1.43 bits per heavy atom. The van der Waals surface area contributed by atoms with Gasteiger partial charge < -0.3 is 10.0 Å². The summed E-state index contributed by atoms with van der Waals surface area (Å²) in [7, 11) is -3.92. The maximum absolute atomic E-state index is 9.08. The van der Waals surface area contributed by atoms with Gasteiger partial charge in [-0.25, -0.2) is 8.42 Å². The van der Waals surface area contributed by atoms with Crippen LogP contribution in [0.2, 0.25) is 0 Å². The van der Waals surface area contributed by atoms with Crippen molar-refractivity contribution in [3.63, 3.8) is 0 Å². The third kappa shape index (κ3) is 591. The van der Waals surface area contributed by atoms with Gasteiger partial charge in [0.25, 0.3) is 0 Å². The Kier molecular flexibility index (Phi) is 10.3. The molecule has 0 heterocycles. The van der Waals surface area contributed by atoms with Crippen molar-refractivity contribution < 1.29 is 37.3 Å². The average Bonchev–Trinajstić information content (AvgIpc) is 0.722. The van der Waals surface area contributed by atoms with E-state index in [1.165, 1.54) is 0 Å². The first-order valence-electron chi connectivity index (χ1n) is 0.908. The monoisotopic (exact) mass is 120 g/mol. The van der Waals surface area contributed by atoms with Crippen molar-refractivity contribution >= 4 is 10.1 Å². The van der Waals surface area contributed by atoms with E-state index in [0.29, 0.717) is 6.26 Å². The van der Waals surface area contributed by atoms with E-state index in [1.807, 2.05) is 0 Å². The first-order chi connectivity index (χ1) is 2.00. The van der Waals surface area contributed by atoms with Gasteiger partial charge >= 0.3 is 18.9 Å². The van der Waals surface area contributed by atoms with Gasteiger partial charge in [-0.3, -0.25) is 0 Å². The summed E-state index contributed by atoms with van der Waals surface area (Å²) in [4.78, 5) is 0. The second kappa shape index (κ2) is 4.62. The van der Waals surface area contributed by atoms with Crippen molar-refractivity contribution in [3.05, 3.63) is 0 Å². The van der Waals surface area contributed by atoms with Crippen LogP contribution in [0, 0.1) is 0 Å². The summed E-state index contributed by atoms with van der Waals surface area (Å²) in [6.45, 7) is 0. The molecule has 7 heavy (non-hydrogen) atoms. The van der Waals surface area contributed by atoms with Gasteiger partial charge in [-0.15, -0.1) is 0 Å². The molecule has 0 aromatic rings. The molecular formula is CH5LiO4S. The van der Waals surface area contributed by atoms with Crippen molar-refractivity contribution in [2.45, 2.75) is 0 Å². The van der Waals surface area contributed by atoms with E-state index in [1.54, 1.807) is 0 Å². The Hall–Kier alpha value is 0.467. The maximum atomic E-state index is 9.08. The van der Waals surface area contributed by atoms with Crippen LogP contribution in [0.3, 0.4) is 0 Å². The van der Waals surface area contributed by atoms with Gasteiger partial charge in [-0.1, -0.05) is 0 Å². The van der Waals surface area contributed by atoms with E-state index >= 15 is 0 Å². The second-order valence-electron chi connectivity index (χ2n) is 0.704. The average molecular weight is 120 g/mol. The largest absolute Gasteiger partial charge is 1.00 e. The molecule has 0 bridgehead atoms. The summed E-state index contributed by atoms with van der Waals surface area (Å²) >= 11 is 0. The Morgan fingerprint density at radius 2 is 1.43 bits per heavy atom. The molecule has 0 rings (SSSR count). The van der Waals surface area contributed by atoms with Crippen LogP contribution in [0.15, 0.2) is 0 Å². The Labute approximate surface area is 54.1 Å². The molecule has 4 nitrogen and oxygen atoms in total. The summed E-state index contributed by atoms with van der Waals surface area (Å²) in [6, 6.07) is 0. The second-order valence-corrected chi connectivity index (χ2v) is 2.11. The molecular weight excluding hydrogens is 115 g/mol. The van der Waals surface area contributed by atoms with Crippen LogP contribution in [-0.4, -0.2) is 24.7 Å². The van der Waals surface area contributed by atoms with Crippen LogP contribution in [0.4, 0.5) is 0 Å². The molecule has 6 heteroatoms. The number of rotatable bonds is 0. The van der Waals surface area contributed by atoms with E-state index in [9.17, 15) is 0 Å². The van der Waals surface area contributed by atoms with Crippen molar-refractivity contribution in [2.75, 3.05) is 6.26 Å². The molecule has 0 amide bonds. The molecule has 0 aliphatic heterocycles. The van der Waals surface area contributed by atoms with Crippen LogP contribution in [0.5, 0.6) is 0 Å². The Bertz CT molecular complexity index is 94.9. The molecule has 0 fully saturated rings. The van der Waals surface area contributed by atoms with Gasteiger partial charge in [0.1, 0.15) is 0 Å². The zero-order chi connectivity index (χ0) is 4.50. The molecule has 0 saturated carbocycles. The van der Waals surface area contributed by atoms with Gasteiger partial charge in [-0.2, -0.15) is 0 Å². The molecule has 0 aromatic heterocycles. The van der Waals surface area contributed by atoms with Gasteiger partial charge in [0.2, 0.25) is 0 Å². The molecule has 0 atom stereocenters. The topological polar surface area (TPSA) is 88.7 Å². The van der Waals surface area contributed by atoms with Gasteiger partial charge in [-0.05, 0) is 0 Å². The predicted octanol–water partition coefficient (Wildman–Crippen LogP) is -4.66. The minimum absolute atomic E-state index is 0. The first kappa shape index (κ1) is 15.7. The van der Waals surface area contributed by atoms with Gasteiger partial charge in [0, 0.05) is 6.26 Å². The summed E-state index contributed by atoms with van der Waals surface area (Å²) in [5, 5.41) is 0. The fourth-order valence-corrected chi connectivity index (χ4v) is 0. The molecule has 0 aliphatic rings. The normalized spacial score (nSPS) is 8.29. The minimum atomic E-state index is -3.92. The number of hydrogen-bond acceptors (Lipinski definition) is 3. The van der Waals surface area contributed by atoms with Crippen LogP contribution in [0.25, 0.3) is 0 Å². The molecule has 2 N–H and O–H groups in total. The Balaban J connectivity index is -0.0000000800. The quantitative estimate of drug-likeness (QED) is 0.238. The van der Waals surface area contributed by atoms with Gasteiger partial charge in [0.05, 0.1) is 10.1 Å². The van der Waals surface area contributed by atoms with Gasteiger partial charge in [0.15, 0.2) is 0 Å². The molecule has 0 aromatic carbocycles. The first-order valence-corrected chi connectivity index (χ1v) is 2.72. The fourth-order valence-electron chi connectivity index (χ4n) is 0. The SMILES string of the molecule is CS(=O)(=O)[O-].O.[Li+]. The molecule has 40 valence electrons. The zero-order valence-electron chi connectivity index (χ0n) is 4.13. The fraction of sp³-hybridized carbons (Fsp3) is 1.00. The summed E-state index contributed by atoms with van der Waals surface area (Å²) in [5.41, 5.74) is 0. The zero-order valence-corrected chi connectivity index (χ0v) is 4.95. The van der Waals surface area contributed by atoms with E-state index < -0.39 is 10.1 Å². The third-order valence-corrected chi connectivity index (χ3v) is 0. The van der Waals surface area contributed by atoms with Crippen molar-refractivity contribution in [1.82, 2.24) is 0 Å². The van der Waals surface area contributed by atoms with Crippen LogP contribution < -0.4 is 18.9 Å². The van der Waals surface area contributed by atoms with E-state index in [-0.39, 0.29) is 24.3 Å². The summed E-state index contributed by atoms with van der Waals surface area (Å²) < 4.78 is 27.2. The smallest absolute Gasteiger partial charge is 0.748 e. The predicted molar refractivity (Wildman–Crippen MR) is 19.2 cm³/mol.